The fourth-order valence-electron chi connectivity index (χ4n) is 3.03. The monoisotopic (exact) mass is 347 g/mol. The third-order valence-electron chi connectivity index (χ3n) is 4.28. The molecule has 24 heavy (non-hydrogen) atoms. The minimum atomic E-state index is -0.204. The van der Waals surface area contributed by atoms with Gasteiger partial charge in [-0.1, -0.05) is 0 Å². The van der Waals surface area contributed by atoms with Gasteiger partial charge >= 0.3 is 0 Å². The van der Waals surface area contributed by atoms with Gasteiger partial charge in [-0.3, -0.25) is 9.59 Å². The number of aryl methyl sites for hydroxylation is 1. The summed E-state index contributed by atoms with van der Waals surface area (Å²) in [4.78, 5) is 31.1. The maximum Gasteiger partial charge on any atom is 0.289 e. The van der Waals surface area contributed by atoms with Crippen molar-refractivity contribution in [2.75, 3.05) is 19.3 Å². The zero-order valence-electron chi connectivity index (χ0n) is 13.9. The summed E-state index contributed by atoms with van der Waals surface area (Å²) in [6, 6.07) is 3.56. The average molecular weight is 347 g/mol. The first kappa shape index (κ1) is 16.8. The van der Waals surface area contributed by atoms with Crippen LogP contribution < -0.4 is 0 Å². The van der Waals surface area contributed by atoms with Crippen molar-refractivity contribution in [3.8, 4) is 0 Å². The van der Waals surface area contributed by atoms with E-state index in [4.69, 9.17) is 4.42 Å². The van der Waals surface area contributed by atoms with Crippen molar-refractivity contribution in [1.29, 1.82) is 0 Å². The highest BCUT2D eigenvalue weighted by Gasteiger charge is 2.32. The second-order valence-electron chi connectivity index (χ2n) is 6.02. The lowest BCUT2D eigenvalue weighted by atomic mass is 9.93. The van der Waals surface area contributed by atoms with Gasteiger partial charge in [0, 0.05) is 38.4 Å². The molecule has 0 bridgehead atoms. The van der Waals surface area contributed by atoms with Crippen molar-refractivity contribution in [3.05, 3.63) is 41.9 Å². The summed E-state index contributed by atoms with van der Waals surface area (Å²) in [6.45, 7) is 1.07. The van der Waals surface area contributed by atoms with Crippen molar-refractivity contribution in [2.45, 2.75) is 18.6 Å². The van der Waals surface area contributed by atoms with Gasteiger partial charge in [0.05, 0.1) is 5.75 Å². The van der Waals surface area contributed by atoms with Gasteiger partial charge in [0.15, 0.2) is 11.6 Å². The third-order valence-corrected chi connectivity index (χ3v) is 4.85. The predicted octanol–water partition coefficient (Wildman–Crippen LogP) is 2.61. The number of imidazole rings is 1. The number of carbonyl (C=O) groups is 2. The zero-order valence-corrected chi connectivity index (χ0v) is 14.7. The molecule has 0 saturated carbocycles. The van der Waals surface area contributed by atoms with E-state index in [9.17, 15) is 9.59 Å². The second kappa shape index (κ2) is 7.25. The number of piperidine rings is 1. The highest BCUT2D eigenvalue weighted by Crippen LogP contribution is 2.23. The van der Waals surface area contributed by atoms with Crippen LogP contribution in [0.4, 0.5) is 0 Å². The maximum atomic E-state index is 12.6. The topological polar surface area (TPSA) is 68.3 Å². The number of rotatable bonds is 5. The van der Waals surface area contributed by atoms with Crippen LogP contribution in [-0.2, 0) is 12.8 Å². The summed E-state index contributed by atoms with van der Waals surface area (Å²) in [5.74, 6) is 2.00. The van der Waals surface area contributed by atoms with Crippen molar-refractivity contribution < 1.29 is 14.0 Å². The van der Waals surface area contributed by atoms with Crippen molar-refractivity contribution in [2.24, 2.45) is 13.0 Å². The standard InChI is InChI=1S/C17H21N3O3S/c1-19-9-7-18-16(19)15(21)12-4-3-8-20(10-12)17(22)14-6-5-13(23-14)11-24-2/h5-7,9,12H,3-4,8,10-11H2,1-2H3/t12-/m1/s1. The smallest absolute Gasteiger partial charge is 0.289 e. The molecule has 2 aromatic heterocycles. The van der Waals surface area contributed by atoms with Gasteiger partial charge in [0.1, 0.15) is 5.76 Å². The Hall–Kier alpha value is -2.02. The average Bonchev–Trinajstić information content (AvgIpc) is 3.23. The lowest BCUT2D eigenvalue weighted by Gasteiger charge is -2.31. The summed E-state index contributed by atoms with van der Waals surface area (Å²) >= 11 is 1.65. The molecular formula is C17H21N3O3S. The number of amides is 1. The molecule has 1 saturated heterocycles. The number of likely N-dealkylation sites (tertiary alicyclic amines) is 1. The van der Waals surface area contributed by atoms with Crippen molar-refractivity contribution in [1.82, 2.24) is 14.5 Å². The van der Waals surface area contributed by atoms with E-state index in [1.807, 2.05) is 19.4 Å². The van der Waals surface area contributed by atoms with Crippen LogP contribution in [0.2, 0.25) is 0 Å². The second-order valence-corrected chi connectivity index (χ2v) is 6.88. The molecular weight excluding hydrogens is 326 g/mol. The Balaban J connectivity index is 1.69. The number of hydrogen-bond acceptors (Lipinski definition) is 5. The van der Waals surface area contributed by atoms with E-state index >= 15 is 0 Å². The molecule has 128 valence electrons. The molecule has 0 aliphatic carbocycles. The van der Waals surface area contributed by atoms with Gasteiger partial charge in [-0.2, -0.15) is 11.8 Å². The molecule has 3 rings (SSSR count). The first-order valence-electron chi connectivity index (χ1n) is 7.98. The number of hydrogen-bond donors (Lipinski definition) is 0. The molecule has 0 unspecified atom stereocenters. The molecule has 1 aliphatic heterocycles. The lowest BCUT2D eigenvalue weighted by molar-refractivity contribution is 0.0606. The van der Waals surface area contributed by atoms with E-state index in [-0.39, 0.29) is 17.6 Å². The van der Waals surface area contributed by atoms with Gasteiger partial charge in [-0.05, 0) is 31.2 Å². The highest BCUT2D eigenvalue weighted by molar-refractivity contribution is 7.97. The lowest BCUT2D eigenvalue weighted by Crippen LogP contribution is -2.42. The number of aromatic nitrogens is 2. The SMILES string of the molecule is CSCc1ccc(C(=O)N2CCC[C@@H](C(=O)c3nccn3C)C2)o1. The van der Waals surface area contributed by atoms with E-state index in [0.717, 1.165) is 24.4 Å². The summed E-state index contributed by atoms with van der Waals surface area (Å²) < 4.78 is 7.34. The van der Waals surface area contributed by atoms with E-state index < -0.39 is 0 Å². The van der Waals surface area contributed by atoms with Crippen LogP contribution in [0.25, 0.3) is 0 Å². The molecule has 0 radical (unpaired) electrons. The number of furan rings is 1. The van der Waals surface area contributed by atoms with E-state index in [1.54, 1.807) is 39.7 Å². The minimum absolute atomic E-state index is 0.00233. The largest absolute Gasteiger partial charge is 0.455 e. The summed E-state index contributed by atoms with van der Waals surface area (Å²) in [5, 5.41) is 0. The number of nitrogens with zero attached hydrogens (tertiary/aromatic N) is 3. The number of Topliss-reactive ketones (excluding diaryl/α,β-unsaturated/α-hetero) is 1. The van der Waals surface area contributed by atoms with Crippen LogP contribution >= 0.6 is 11.8 Å². The molecule has 3 heterocycles. The van der Waals surface area contributed by atoms with Gasteiger partial charge in [-0.15, -0.1) is 0 Å². The van der Waals surface area contributed by atoms with Crippen LogP contribution in [0, 0.1) is 5.92 Å². The number of ketones is 1. The van der Waals surface area contributed by atoms with Crippen LogP contribution in [-0.4, -0.2) is 45.5 Å². The molecule has 1 atom stereocenters. The van der Waals surface area contributed by atoms with Gasteiger partial charge in [0.2, 0.25) is 5.78 Å². The Labute approximate surface area is 145 Å². The number of thioether (sulfide) groups is 1. The Morgan fingerprint density at radius 2 is 2.25 bits per heavy atom. The van der Waals surface area contributed by atoms with Crippen molar-refractivity contribution in [3.63, 3.8) is 0 Å². The Kier molecular flexibility index (Phi) is 5.08. The zero-order chi connectivity index (χ0) is 17.1. The van der Waals surface area contributed by atoms with Gasteiger partial charge in [-0.25, -0.2) is 4.98 Å². The highest BCUT2D eigenvalue weighted by atomic mass is 32.2. The fraction of sp³-hybridized carbons (Fsp3) is 0.471. The molecule has 1 aliphatic rings. The summed E-state index contributed by atoms with van der Waals surface area (Å²) in [7, 11) is 1.81. The van der Waals surface area contributed by atoms with E-state index in [0.29, 0.717) is 24.7 Å². The first-order valence-corrected chi connectivity index (χ1v) is 9.38. The fourth-order valence-corrected chi connectivity index (χ4v) is 3.47. The molecule has 1 fully saturated rings. The minimum Gasteiger partial charge on any atom is -0.455 e. The van der Waals surface area contributed by atoms with Crippen molar-refractivity contribution >= 4 is 23.5 Å². The van der Waals surface area contributed by atoms with Crippen LogP contribution in [0.1, 0.15) is 39.8 Å². The normalized spacial score (nSPS) is 17.9. The first-order chi connectivity index (χ1) is 11.6. The van der Waals surface area contributed by atoms with E-state index in [2.05, 4.69) is 4.98 Å². The van der Waals surface area contributed by atoms with Crippen LogP contribution in [0.15, 0.2) is 28.9 Å². The molecule has 0 spiro atoms. The molecule has 6 nitrogen and oxygen atoms in total. The number of carbonyl (C=O) groups excluding carboxylic acids is 2. The molecule has 1 amide bonds. The third kappa shape index (κ3) is 3.40. The molecule has 0 N–H and O–H groups in total. The van der Waals surface area contributed by atoms with E-state index in [1.165, 1.54) is 0 Å². The Bertz CT molecular complexity index is 737. The van der Waals surface area contributed by atoms with Gasteiger partial charge < -0.3 is 13.9 Å². The van der Waals surface area contributed by atoms with Crippen LogP contribution in [0.3, 0.4) is 0 Å². The Morgan fingerprint density at radius 3 is 2.96 bits per heavy atom. The molecule has 2 aromatic rings. The molecule has 0 aromatic carbocycles. The predicted molar refractivity (Wildman–Crippen MR) is 92.1 cm³/mol. The van der Waals surface area contributed by atoms with Gasteiger partial charge in [0.25, 0.3) is 5.91 Å². The summed E-state index contributed by atoms with van der Waals surface area (Å²) in [6.07, 6.45) is 6.96. The summed E-state index contributed by atoms with van der Waals surface area (Å²) in [5.41, 5.74) is 0. The molecule has 7 heteroatoms. The Morgan fingerprint density at radius 1 is 1.42 bits per heavy atom. The van der Waals surface area contributed by atoms with Crippen LogP contribution in [0.5, 0.6) is 0 Å². The maximum absolute atomic E-state index is 12.6. The quantitative estimate of drug-likeness (QED) is 0.778.